The third kappa shape index (κ3) is 4.56. The lowest BCUT2D eigenvalue weighted by Gasteiger charge is -2.31. The Labute approximate surface area is 184 Å². The van der Waals surface area contributed by atoms with Crippen molar-refractivity contribution in [2.24, 2.45) is 0 Å². The number of hydrogen-bond donors (Lipinski definition) is 0. The molecule has 0 spiro atoms. The summed E-state index contributed by atoms with van der Waals surface area (Å²) < 4.78 is 12.9. The number of carbonyl (C=O) groups excluding carboxylic acids is 1. The Kier molecular flexibility index (Phi) is 5.97. The lowest BCUT2D eigenvalue weighted by atomic mass is 10.1. The molecule has 1 atom stereocenters. The number of aromatic nitrogens is 2. The molecule has 2 aromatic rings. The van der Waals surface area contributed by atoms with Gasteiger partial charge in [-0.25, -0.2) is 0 Å². The molecular formula is C24H34N4O3. The molecule has 1 unspecified atom stereocenters. The number of fused-ring (bicyclic) bond motifs is 1. The Morgan fingerprint density at radius 2 is 2.00 bits per heavy atom. The number of amides is 1. The number of ether oxygens (including phenoxy) is 2. The van der Waals surface area contributed by atoms with Gasteiger partial charge in [-0.15, -0.1) is 0 Å². The number of likely N-dealkylation sites (N-methyl/N-ethyl adjacent to an activating group) is 1. The van der Waals surface area contributed by atoms with E-state index in [1.54, 1.807) is 0 Å². The topological polar surface area (TPSA) is 59.8 Å². The number of carbonyl (C=O) groups is 1. The van der Waals surface area contributed by atoms with Crippen LogP contribution in [-0.4, -0.2) is 58.0 Å². The highest BCUT2D eigenvalue weighted by atomic mass is 16.7. The zero-order valence-corrected chi connectivity index (χ0v) is 19.4. The standard InChI is InChI=1S/C24H34N4O3/c1-6-26-11-7-8-19(26)15-27(14-18-9-10-21-22(13-18)31-16-30-21)23(29)20-12-17(2)25-28(20)24(3,4)5/h9-10,12-13,19H,6-8,11,14-16H2,1-5H3. The van der Waals surface area contributed by atoms with Crippen molar-refractivity contribution in [3.63, 3.8) is 0 Å². The summed E-state index contributed by atoms with van der Waals surface area (Å²) >= 11 is 0. The van der Waals surface area contributed by atoms with Crippen molar-refractivity contribution in [2.45, 2.75) is 65.6 Å². The van der Waals surface area contributed by atoms with E-state index >= 15 is 0 Å². The van der Waals surface area contributed by atoms with Gasteiger partial charge in [0.25, 0.3) is 5.91 Å². The molecule has 2 aliphatic rings. The van der Waals surface area contributed by atoms with Gasteiger partial charge < -0.3 is 14.4 Å². The van der Waals surface area contributed by atoms with E-state index in [2.05, 4.69) is 37.7 Å². The second kappa shape index (κ2) is 8.54. The first-order valence-electron chi connectivity index (χ1n) is 11.2. The molecule has 0 saturated carbocycles. The highest BCUT2D eigenvalue weighted by Gasteiger charge is 2.31. The lowest BCUT2D eigenvalue weighted by Crippen LogP contribution is -2.44. The molecule has 4 rings (SSSR count). The van der Waals surface area contributed by atoms with E-state index in [9.17, 15) is 4.79 Å². The Hall–Kier alpha value is -2.54. The third-order valence-electron chi connectivity index (χ3n) is 6.12. The van der Waals surface area contributed by atoms with Crippen molar-refractivity contribution in [3.05, 3.63) is 41.2 Å². The number of benzene rings is 1. The number of hydrogen-bond acceptors (Lipinski definition) is 5. The van der Waals surface area contributed by atoms with Crippen molar-refractivity contribution in [3.8, 4) is 11.5 Å². The molecule has 1 amide bonds. The molecule has 0 bridgehead atoms. The first kappa shape index (κ1) is 21.7. The van der Waals surface area contributed by atoms with Gasteiger partial charge in [0, 0.05) is 19.1 Å². The average molecular weight is 427 g/mol. The molecular weight excluding hydrogens is 392 g/mol. The van der Waals surface area contributed by atoms with Gasteiger partial charge in [0.1, 0.15) is 5.69 Å². The predicted octanol–water partition coefficient (Wildman–Crippen LogP) is 3.80. The molecule has 2 aliphatic heterocycles. The van der Waals surface area contributed by atoms with Crippen molar-refractivity contribution in [1.29, 1.82) is 0 Å². The SMILES string of the molecule is CCN1CCCC1CN(Cc1ccc2c(c1)OCO2)C(=O)c1cc(C)nn1C(C)(C)C. The fourth-order valence-corrected chi connectivity index (χ4v) is 4.58. The van der Waals surface area contributed by atoms with E-state index in [0.29, 0.717) is 24.8 Å². The van der Waals surface area contributed by atoms with Crippen LogP contribution < -0.4 is 9.47 Å². The number of likely N-dealkylation sites (tertiary alicyclic amines) is 1. The van der Waals surface area contributed by atoms with Crippen LogP contribution in [0.4, 0.5) is 0 Å². The van der Waals surface area contributed by atoms with Crippen molar-refractivity contribution in [2.75, 3.05) is 26.4 Å². The molecule has 31 heavy (non-hydrogen) atoms. The summed E-state index contributed by atoms with van der Waals surface area (Å²) in [4.78, 5) is 18.3. The number of rotatable bonds is 6. The maximum Gasteiger partial charge on any atom is 0.272 e. The molecule has 1 aromatic heterocycles. The molecule has 1 aromatic carbocycles. The molecule has 1 saturated heterocycles. The van der Waals surface area contributed by atoms with Crippen LogP contribution in [0.25, 0.3) is 0 Å². The van der Waals surface area contributed by atoms with E-state index in [0.717, 1.165) is 42.3 Å². The van der Waals surface area contributed by atoms with E-state index in [1.807, 2.05) is 40.8 Å². The van der Waals surface area contributed by atoms with E-state index < -0.39 is 0 Å². The van der Waals surface area contributed by atoms with Gasteiger partial charge in [-0.1, -0.05) is 13.0 Å². The fraction of sp³-hybridized carbons (Fsp3) is 0.583. The van der Waals surface area contributed by atoms with E-state index in [-0.39, 0.29) is 18.2 Å². The van der Waals surface area contributed by atoms with Crippen LogP contribution in [0.3, 0.4) is 0 Å². The van der Waals surface area contributed by atoms with Gasteiger partial charge in [-0.05, 0) is 77.4 Å². The van der Waals surface area contributed by atoms with Gasteiger partial charge in [-0.3, -0.25) is 14.4 Å². The molecule has 1 fully saturated rings. The maximum atomic E-state index is 13.8. The number of aryl methyl sites for hydroxylation is 1. The summed E-state index contributed by atoms with van der Waals surface area (Å²) in [7, 11) is 0. The van der Waals surface area contributed by atoms with E-state index in [1.165, 1.54) is 6.42 Å². The third-order valence-corrected chi connectivity index (χ3v) is 6.12. The average Bonchev–Trinajstić information content (AvgIpc) is 3.45. The summed E-state index contributed by atoms with van der Waals surface area (Å²) in [6.07, 6.45) is 2.31. The van der Waals surface area contributed by atoms with Crippen LogP contribution >= 0.6 is 0 Å². The lowest BCUT2D eigenvalue weighted by molar-refractivity contribution is 0.0671. The minimum atomic E-state index is -0.271. The quantitative estimate of drug-likeness (QED) is 0.703. The van der Waals surface area contributed by atoms with Crippen LogP contribution in [-0.2, 0) is 12.1 Å². The Morgan fingerprint density at radius 1 is 1.23 bits per heavy atom. The van der Waals surface area contributed by atoms with Crippen LogP contribution in [0.5, 0.6) is 11.5 Å². The van der Waals surface area contributed by atoms with Crippen LogP contribution in [0.1, 0.15) is 62.3 Å². The number of nitrogens with zero attached hydrogens (tertiary/aromatic N) is 4. The van der Waals surface area contributed by atoms with Crippen molar-refractivity contribution < 1.29 is 14.3 Å². The molecule has 0 N–H and O–H groups in total. The highest BCUT2D eigenvalue weighted by Crippen LogP contribution is 2.33. The summed E-state index contributed by atoms with van der Waals surface area (Å²) in [6, 6.07) is 8.23. The van der Waals surface area contributed by atoms with Gasteiger partial charge in [0.05, 0.1) is 11.2 Å². The maximum absolute atomic E-state index is 13.8. The van der Waals surface area contributed by atoms with Gasteiger partial charge in [0.15, 0.2) is 11.5 Å². The zero-order valence-electron chi connectivity index (χ0n) is 19.4. The van der Waals surface area contributed by atoms with Crippen LogP contribution in [0.15, 0.2) is 24.3 Å². The Balaban J connectivity index is 1.64. The zero-order chi connectivity index (χ0) is 22.2. The summed E-state index contributed by atoms with van der Waals surface area (Å²) in [6.45, 7) is 14.0. The molecule has 0 aliphatic carbocycles. The second-order valence-corrected chi connectivity index (χ2v) is 9.55. The summed E-state index contributed by atoms with van der Waals surface area (Å²) in [5.74, 6) is 1.53. The predicted molar refractivity (Wildman–Crippen MR) is 120 cm³/mol. The molecule has 7 nitrogen and oxygen atoms in total. The fourth-order valence-electron chi connectivity index (χ4n) is 4.58. The second-order valence-electron chi connectivity index (χ2n) is 9.55. The van der Waals surface area contributed by atoms with Crippen LogP contribution in [0.2, 0.25) is 0 Å². The largest absolute Gasteiger partial charge is 0.454 e. The Bertz CT molecular complexity index is 947. The normalized spacial score (nSPS) is 18.5. The van der Waals surface area contributed by atoms with Gasteiger partial charge in [-0.2, -0.15) is 5.10 Å². The van der Waals surface area contributed by atoms with Crippen LogP contribution in [0, 0.1) is 6.92 Å². The molecule has 168 valence electrons. The Morgan fingerprint density at radius 3 is 2.74 bits per heavy atom. The minimum absolute atomic E-state index is 0.0242. The van der Waals surface area contributed by atoms with Crippen molar-refractivity contribution >= 4 is 5.91 Å². The summed E-state index contributed by atoms with van der Waals surface area (Å²) in [5.41, 5.74) is 2.27. The van der Waals surface area contributed by atoms with E-state index in [4.69, 9.17) is 9.47 Å². The molecule has 7 heteroatoms. The first-order chi connectivity index (χ1) is 14.8. The summed E-state index contributed by atoms with van der Waals surface area (Å²) in [5, 5.41) is 4.62. The van der Waals surface area contributed by atoms with Crippen molar-refractivity contribution in [1.82, 2.24) is 19.6 Å². The van der Waals surface area contributed by atoms with Gasteiger partial charge >= 0.3 is 0 Å². The highest BCUT2D eigenvalue weighted by molar-refractivity contribution is 5.93. The van der Waals surface area contributed by atoms with Gasteiger partial charge in [0.2, 0.25) is 6.79 Å². The smallest absolute Gasteiger partial charge is 0.272 e. The molecule has 0 radical (unpaired) electrons. The first-order valence-corrected chi connectivity index (χ1v) is 11.2. The molecule has 3 heterocycles. The monoisotopic (exact) mass is 426 g/mol. The minimum Gasteiger partial charge on any atom is -0.454 e.